The minimum Gasteiger partial charge on any atom is -0.333 e. The van der Waals surface area contributed by atoms with Crippen molar-refractivity contribution < 1.29 is 9.69 Å². The van der Waals surface area contributed by atoms with E-state index in [1.807, 2.05) is 25.4 Å². The minimum absolute atomic E-state index is 0.0370. The van der Waals surface area contributed by atoms with E-state index in [1.165, 1.54) is 4.88 Å². The highest BCUT2D eigenvalue weighted by Gasteiger charge is 2.43. The van der Waals surface area contributed by atoms with Crippen LogP contribution in [0.4, 0.5) is 0 Å². The fourth-order valence-electron chi connectivity index (χ4n) is 2.26. The molecule has 1 unspecified atom stereocenters. The fraction of sp³-hybridized carbons (Fsp3) is 0.571. The van der Waals surface area contributed by atoms with Crippen LogP contribution in [0.15, 0.2) is 17.5 Å². The number of quaternary nitrogens is 1. The van der Waals surface area contributed by atoms with Crippen LogP contribution < -0.4 is 10.2 Å². The number of amides is 1. The van der Waals surface area contributed by atoms with E-state index >= 15 is 0 Å². The molecule has 0 aromatic carbocycles. The summed E-state index contributed by atoms with van der Waals surface area (Å²) in [7, 11) is 2.00. The number of likely N-dealkylation sites (N-methyl/N-ethyl adjacent to an activating group) is 1. The molecule has 102 valence electrons. The molecule has 0 radical (unpaired) electrons. The van der Waals surface area contributed by atoms with Crippen LogP contribution in [0.5, 0.6) is 0 Å². The van der Waals surface area contributed by atoms with E-state index < -0.39 is 5.54 Å². The largest absolute Gasteiger partial charge is 0.333 e. The molecule has 1 aromatic rings. The van der Waals surface area contributed by atoms with Crippen molar-refractivity contribution in [1.82, 2.24) is 5.32 Å². The second-order valence-electron chi connectivity index (χ2n) is 5.53. The molecule has 2 rings (SSSR count). The van der Waals surface area contributed by atoms with Gasteiger partial charge in [0.25, 0.3) is 5.91 Å². The van der Waals surface area contributed by atoms with Gasteiger partial charge in [-0.2, -0.15) is 5.26 Å². The zero-order valence-corrected chi connectivity index (χ0v) is 12.2. The van der Waals surface area contributed by atoms with Crippen LogP contribution in [0.25, 0.3) is 0 Å². The van der Waals surface area contributed by atoms with E-state index in [1.54, 1.807) is 11.3 Å². The first-order valence-corrected chi connectivity index (χ1v) is 7.47. The molecule has 1 aromatic heterocycles. The molecule has 5 heteroatoms. The first kappa shape index (κ1) is 14.0. The molecule has 2 N–H and O–H groups in total. The highest BCUT2D eigenvalue weighted by atomic mass is 32.1. The molecule has 1 amide bonds. The Balaban J connectivity index is 1.82. The molecule has 2 atom stereocenters. The van der Waals surface area contributed by atoms with Crippen LogP contribution in [-0.4, -0.2) is 25.0 Å². The fourth-order valence-corrected chi connectivity index (χ4v) is 3.08. The first-order chi connectivity index (χ1) is 9.03. The van der Waals surface area contributed by atoms with E-state index in [2.05, 4.69) is 17.5 Å². The van der Waals surface area contributed by atoms with Crippen LogP contribution >= 0.6 is 11.3 Å². The smallest absolute Gasteiger partial charge is 0.276 e. The van der Waals surface area contributed by atoms with Gasteiger partial charge in [-0.05, 0) is 37.1 Å². The summed E-state index contributed by atoms with van der Waals surface area (Å²) in [6.45, 7) is 3.08. The second kappa shape index (κ2) is 5.72. The molecule has 0 saturated heterocycles. The van der Waals surface area contributed by atoms with Crippen LogP contribution in [0.1, 0.15) is 24.6 Å². The number of hydrogen-bond acceptors (Lipinski definition) is 3. The van der Waals surface area contributed by atoms with Crippen molar-refractivity contribution in [3.63, 3.8) is 0 Å². The van der Waals surface area contributed by atoms with Crippen molar-refractivity contribution in [2.45, 2.75) is 31.8 Å². The summed E-state index contributed by atoms with van der Waals surface area (Å²) in [6.07, 6.45) is 2.09. The van der Waals surface area contributed by atoms with Gasteiger partial charge in [0.2, 0.25) is 0 Å². The van der Waals surface area contributed by atoms with Crippen LogP contribution in [0.3, 0.4) is 0 Å². The Morgan fingerprint density at radius 3 is 2.95 bits per heavy atom. The predicted octanol–water partition coefficient (Wildman–Crippen LogP) is 0.571. The normalized spacial score (nSPS) is 19.2. The van der Waals surface area contributed by atoms with Crippen molar-refractivity contribution >= 4 is 17.2 Å². The standard InChI is InChI=1S/C14H19N3OS/c1-14(10-15,11-5-6-11)16-13(18)9-17(2)8-12-4-3-7-19-12/h3-4,7,11H,5-6,8-9H2,1-2H3,(H,16,18)/p+1/t14-/m1/s1. The topological polar surface area (TPSA) is 57.3 Å². The Bertz CT molecular complexity index is 475. The van der Waals surface area contributed by atoms with Gasteiger partial charge in [-0.1, -0.05) is 6.07 Å². The van der Waals surface area contributed by atoms with Gasteiger partial charge >= 0.3 is 0 Å². The number of carbonyl (C=O) groups excluding carboxylic acids is 1. The summed E-state index contributed by atoms with van der Waals surface area (Å²) in [5.74, 6) is 0.295. The summed E-state index contributed by atoms with van der Waals surface area (Å²) < 4.78 is 0. The Morgan fingerprint density at radius 2 is 2.42 bits per heavy atom. The van der Waals surface area contributed by atoms with Gasteiger partial charge in [-0.25, -0.2) is 0 Å². The summed E-state index contributed by atoms with van der Waals surface area (Å²) in [5.41, 5.74) is -0.680. The molecule has 1 aliphatic carbocycles. The molecular formula is C14H20N3OS+. The van der Waals surface area contributed by atoms with E-state index in [9.17, 15) is 10.1 Å². The molecule has 1 fully saturated rings. The minimum atomic E-state index is -0.680. The molecular weight excluding hydrogens is 258 g/mol. The van der Waals surface area contributed by atoms with E-state index in [4.69, 9.17) is 0 Å². The average molecular weight is 278 g/mol. The summed E-state index contributed by atoms with van der Waals surface area (Å²) in [4.78, 5) is 14.4. The predicted molar refractivity (Wildman–Crippen MR) is 74.7 cm³/mol. The Kier molecular flexibility index (Phi) is 4.23. The lowest BCUT2D eigenvalue weighted by Crippen LogP contribution is -3.09. The summed E-state index contributed by atoms with van der Waals surface area (Å²) in [5, 5.41) is 14.2. The Morgan fingerprint density at radius 1 is 1.68 bits per heavy atom. The van der Waals surface area contributed by atoms with Gasteiger partial charge in [0.1, 0.15) is 12.1 Å². The number of hydrogen-bond donors (Lipinski definition) is 2. The highest BCUT2D eigenvalue weighted by Crippen LogP contribution is 2.39. The maximum atomic E-state index is 12.0. The lowest BCUT2D eigenvalue weighted by atomic mass is 9.98. The number of carbonyl (C=O) groups is 1. The SMILES string of the molecule is C[NH+](CC(=O)N[C@](C)(C#N)C1CC1)Cc1cccs1. The molecule has 0 spiro atoms. The molecule has 19 heavy (non-hydrogen) atoms. The zero-order valence-electron chi connectivity index (χ0n) is 11.4. The second-order valence-corrected chi connectivity index (χ2v) is 6.56. The maximum absolute atomic E-state index is 12.0. The van der Waals surface area contributed by atoms with Gasteiger partial charge in [0, 0.05) is 0 Å². The number of rotatable bonds is 6. The molecule has 1 saturated carbocycles. The lowest BCUT2D eigenvalue weighted by molar-refractivity contribution is -0.885. The van der Waals surface area contributed by atoms with Crippen molar-refractivity contribution in [3.05, 3.63) is 22.4 Å². The van der Waals surface area contributed by atoms with Gasteiger partial charge < -0.3 is 10.2 Å². The van der Waals surface area contributed by atoms with E-state index in [0.29, 0.717) is 12.5 Å². The number of thiophene rings is 1. The third kappa shape index (κ3) is 3.79. The van der Waals surface area contributed by atoms with Gasteiger partial charge in [0.05, 0.1) is 18.0 Å². The highest BCUT2D eigenvalue weighted by molar-refractivity contribution is 7.09. The third-order valence-corrected chi connectivity index (χ3v) is 4.42. The lowest BCUT2D eigenvalue weighted by Gasteiger charge is -2.23. The summed E-state index contributed by atoms with van der Waals surface area (Å²) >= 11 is 1.71. The number of nitrogens with one attached hydrogen (secondary N) is 2. The van der Waals surface area contributed by atoms with E-state index in [-0.39, 0.29) is 5.91 Å². The van der Waals surface area contributed by atoms with Crippen LogP contribution in [0, 0.1) is 17.2 Å². The Labute approximate surface area is 118 Å². The zero-order chi connectivity index (χ0) is 13.9. The van der Waals surface area contributed by atoms with Gasteiger partial charge in [-0.15, -0.1) is 11.3 Å². The van der Waals surface area contributed by atoms with Crippen molar-refractivity contribution in [3.8, 4) is 6.07 Å². The van der Waals surface area contributed by atoms with Crippen molar-refractivity contribution in [2.75, 3.05) is 13.6 Å². The monoisotopic (exact) mass is 278 g/mol. The molecule has 1 heterocycles. The first-order valence-electron chi connectivity index (χ1n) is 6.59. The maximum Gasteiger partial charge on any atom is 0.276 e. The summed E-state index contributed by atoms with van der Waals surface area (Å²) in [6, 6.07) is 6.35. The van der Waals surface area contributed by atoms with Crippen molar-refractivity contribution in [2.24, 2.45) is 5.92 Å². The molecule has 4 nitrogen and oxygen atoms in total. The van der Waals surface area contributed by atoms with E-state index in [0.717, 1.165) is 24.3 Å². The average Bonchev–Trinajstić information content (AvgIpc) is 3.10. The van der Waals surface area contributed by atoms with Gasteiger partial charge in [0.15, 0.2) is 6.54 Å². The number of nitrogens with zero attached hydrogens (tertiary/aromatic N) is 1. The van der Waals surface area contributed by atoms with Crippen LogP contribution in [0.2, 0.25) is 0 Å². The molecule has 0 aliphatic heterocycles. The quantitative estimate of drug-likeness (QED) is 0.799. The molecule has 1 aliphatic rings. The number of nitriles is 1. The Hall–Kier alpha value is -1.38. The molecule has 0 bridgehead atoms. The van der Waals surface area contributed by atoms with Crippen LogP contribution in [-0.2, 0) is 11.3 Å². The third-order valence-electron chi connectivity index (χ3n) is 3.54. The van der Waals surface area contributed by atoms with Gasteiger partial charge in [-0.3, -0.25) is 4.79 Å². The van der Waals surface area contributed by atoms with Crippen molar-refractivity contribution in [1.29, 1.82) is 5.26 Å².